The molecule has 19 heteroatoms. The van der Waals surface area contributed by atoms with Crippen LogP contribution >= 0.6 is 15.6 Å². The second kappa shape index (κ2) is 81.8. The molecular weight excluding hydrogens is 1440 g/mol. The van der Waals surface area contributed by atoms with Crippen LogP contribution in [0.2, 0.25) is 0 Å². The van der Waals surface area contributed by atoms with E-state index in [0.717, 1.165) is 114 Å². The number of unbranched alkanes of at least 4 members (excludes halogenated alkanes) is 55. The van der Waals surface area contributed by atoms with Gasteiger partial charge < -0.3 is 33.8 Å². The number of carbonyl (C=O) groups excluding carboxylic acids is 4. The molecule has 111 heavy (non-hydrogen) atoms. The van der Waals surface area contributed by atoms with E-state index in [9.17, 15) is 43.2 Å². The Morgan fingerprint density at radius 2 is 0.432 bits per heavy atom. The van der Waals surface area contributed by atoms with E-state index in [1.165, 1.54) is 295 Å². The summed E-state index contributed by atoms with van der Waals surface area (Å²) in [5.74, 6) is 0.506. The molecule has 0 bridgehead atoms. The summed E-state index contributed by atoms with van der Waals surface area (Å²) >= 11 is 0. The van der Waals surface area contributed by atoms with Crippen molar-refractivity contribution >= 4 is 39.5 Å². The third-order valence-corrected chi connectivity index (χ3v) is 24.6. The Hall–Kier alpha value is -1.94. The van der Waals surface area contributed by atoms with Gasteiger partial charge in [-0.05, 0) is 43.4 Å². The van der Waals surface area contributed by atoms with Gasteiger partial charge in [-0.1, -0.05) is 440 Å². The predicted octanol–water partition coefficient (Wildman–Crippen LogP) is 28.4. The van der Waals surface area contributed by atoms with Crippen molar-refractivity contribution in [3.05, 3.63) is 0 Å². The van der Waals surface area contributed by atoms with Crippen LogP contribution in [0.5, 0.6) is 0 Å². The molecule has 5 unspecified atom stereocenters. The first kappa shape index (κ1) is 109. The number of ether oxygens (including phenoxy) is 4. The SMILES string of the molecule is CCCCCCCC(=O)OC[C@H](COP(=O)(O)OC[C@H](O)COP(=O)(O)OC[C@@H](COC(=O)CCCCCCCCCCCCCCCCCCCCC(C)CC)OC(=O)CCCCCCCCCCCCCCCCCCCCC(C)CC)OC(=O)CCCCCCCCCCCCCCCCCCCCC(C)CC. The topological polar surface area (TPSA) is 237 Å². The van der Waals surface area contributed by atoms with E-state index in [2.05, 4.69) is 48.5 Å². The van der Waals surface area contributed by atoms with Crippen LogP contribution in [0.3, 0.4) is 0 Å². The zero-order valence-corrected chi connectivity index (χ0v) is 75.2. The number of rotatable bonds is 90. The van der Waals surface area contributed by atoms with Crippen molar-refractivity contribution in [2.24, 2.45) is 17.8 Å². The largest absolute Gasteiger partial charge is 0.472 e. The van der Waals surface area contributed by atoms with Gasteiger partial charge in [-0.3, -0.25) is 37.3 Å². The minimum absolute atomic E-state index is 0.108. The minimum atomic E-state index is -4.97. The van der Waals surface area contributed by atoms with Crippen LogP contribution in [-0.2, 0) is 65.4 Å². The number of esters is 4. The Bertz CT molecular complexity index is 2140. The molecule has 0 saturated heterocycles. The van der Waals surface area contributed by atoms with Crippen molar-refractivity contribution in [3.63, 3.8) is 0 Å². The highest BCUT2D eigenvalue weighted by Gasteiger charge is 2.31. The fraction of sp³-hybridized carbons (Fsp3) is 0.957. The predicted molar refractivity (Wildman–Crippen MR) is 460 cm³/mol. The van der Waals surface area contributed by atoms with Gasteiger partial charge >= 0.3 is 39.5 Å². The van der Waals surface area contributed by atoms with Crippen LogP contribution < -0.4 is 0 Å². The first-order chi connectivity index (χ1) is 53.8. The summed E-state index contributed by atoms with van der Waals surface area (Å²) in [6.45, 7) is 12.1. The minimum Gasteiger partial charge on any atom is -0.462 e. The molecule has 0 aromatic carbocycles. The molecule has 0 aromatic rings. The summed E-state index contributed by atoms with van der Waals surface area (Å²) < 4.78 is 68.8. The van der Waals surface area contributed by atoms with Gasteiger partial charge in [0.15, 0.2) is 12.2 Å². The lowest BCUT2D eigenvalue weighted by atomic mass is 9.99. The first-order valence-corrected chi connectivity index (χ1v) is 50.5. The van der Waals surface area contributed by atoms with Gasteiger partial charge in [0.1, 0.15) is 19.3 Å². The van der Waals surface area contributed by atoms with Crippen molar-refractivity contribution in [2.45, 2.75) is 510 Å². The first-order valence-electron chi connectivity index (χ1n) is 47.5. The average molecular weight is 1620 g/mol. The normalized spacial score (nSPS) is 14.5. The summed E-state index contributed by atoms with van der Waals surface area (Å²) in [5, 5.41) is 10.7. The molecule has 0 amide bonds. The molecule has 0 aliphatic rings. The molecule has 660 valence electrons. The summed E-state index contributed by atoms with van der Waals surface area (Å²) in [4.78, 5) is 73.1. The molecule has 0 saturated carbocycles. The van der Waals surface area contributed by atoms with Gasteiger partial charge in [0.2, 0.25) is 0 Å². The van der Waals surface area contributed by atoms with Gasteiger partial charge in [-0.15, -0.1) is 0 Å². The molecule has 0 heterocycles. The standard InChI is InChI=1S/C92H180O17P2/c1-8-12-13-56-66-73-89(94)102-79-87(108-91(96)75-68-61-54-48-42-36-30-24-18-15-21-27-33-39-45-51-58-64-71-84(6)10-3)81-106-110(98,99)104-77-86(93)78-105-111(100,101)107-82-88(109-92(97)76-69-62-55-49-43-37-31-25-19-16-22-28-34-40-46-52-59-65-72-85(7)11-4)80-103-90(95)74-67-60-53-47-41-35-29-23-17-14-20-26-32-38-44-50-57-63-70-83(5)9-2/h83-88,93H,8-82H2,1-7H3,(H,98,99)(H,100,101)/t83?,84?,85?,86-,87+,88+/m0/s1. The van der Waals surface area contributed by atoms with Crippen LogP contribution in [-0.4, -0.2) is 96.7 Å². The van der Waals surface area contributed by atoms with E-state index < -0.39 is 97.5 Å². The molecular formula is C92H180O17P2. The van der Waals surface area contributed by atoms with Crippen molar-refractivity contribution in [2.75, 3.05) is 39.6 Å². The fourth-order valence-electron chi connectivity index (χ4n) is 14.3. The highest BCUT2D eigenvalue weighted by Crippen LogP contribution is 2.45. The van der Waals surface area contributed by atoms with Crippen molar-refractivity contribution < 1.29 is 80.2 Å². The molecule has 0 spiro atoms. The lowest BCUT2D eigenvalue weighted by molar-refractivity contribution is -0.161. The quantitative estimate of drug-likeness (QED) is 0.0222. The molecule has 0 rings (SSSR count). The summed E-state index contributed by atoms with van der Waals surface area (Å²) in [6.07, 6.45) is 75.5. The number of hydrogen-bond acceptors (Lipinski definition) is 15. The number of aliphatic hydroxyl groups is 1. The number of aliphatic hydroxyl groups excluding tert-OH is 1. The van der Waals surface area contributed by atoms with Gasteiger partial charge in [0.05, 0.1) is 26.4 Å². The van der Waals surface area contributed by atoms with E-state index in [1.54, 1.807) is 0 Å². The molecule has 0 radical (unpaired) electrons. The maximum absolute atomic E-state index is 13.2. The van der Waals surface area contributed by atoms with Gasteiger partial charge in [-0.25, -0.2) is 9.13 Å². The van der Waals surface area contributed by atoms with Crippen molar-refractivity contribution in [1.29, 1.82) is 0 Å². The Morgan fingerprint density at radius 1 is 0.252 bits per heavy atom. The molecule has 8 atom stereocenters. The molecule has 0 aliphatic carbocycles. The fourth-order valence-corrected chi connectivity index (χ4v) is 15.9. The Labute approximate surface area is 683 Å². The number of hydrogen-bond donors (Lipinski definition) is 3. The van der Waals surface area contributed by atoms with Gasteiger partial charge in [0.25, 0.3) is 0 Å². The average Bonchev–Trinajstić information content (AvgIpc) is 0.902. The number of carbonyl (C=O) groups is 4. The van der Waals surface area contributed by atoms with Crippen molar-refractivity contribution in [1.82, 2.24) is 0 Å². The molecule has 17 nitrogen and oxygen atoms in total. The van der Waals surface area contributed by atoms with E-state index in [0.29, 0.717) is 25.7 Å². The summed E-state index contributed by atoms with van der Waals surface area (Å²) in [5.41, 5.74) is 0. The Kier molecular flexibility index (Phi) is 80.4. The van der Waals surface area contributed by atoms with Crippen LogP contribution in [0, 0.1) is 17.8 Å². The van der Waals surface area contributed by atoms with Crippen molar-refractivity contribution in [3.8, 4) is 0 Å². The number of phosphoric acid groups is 2. The maximum Gasteiger partial charge on any atom is 0.472 e. The van der Waals surface area contributed by atoms with Gasteiger partial charge in [0, 0.05) is 25.7 Å². The smallest absolute Gasteiger partial charge is 0.462 e. The van der Waals surface area contributed by atoms with E-state index in [-0.39, 0.29) is 25.7 Å². The molecule has 0 aliphatic heterocycles. The molecule has 3 N–H and O–H groups in total. The van der Waals surface area contributed by atoms with E-state index in [4.69, 9.17) is 37.0 Å². The van der Waals surface area contributed by atoms with Crippen LogP contribution in [0.4, 0.5) is 0 Å². The highest BCUT2D eigenvalue weighted by atomic mass is 31.2. The van der Waals surface area contributed by atoms with Gasteiger partial charge in [-0.2, -0.15) is 0 Å². The third-order valence-electron chi connectivity index (χ3n) is 22.7. The zero-order valence-electron chi connectivity index (χ0n) is 73.4. The van der Waals surface area contributed by atoms with Crippen LogP contribution in [0.1, 0.15) is 492 Å². The van der Waals surface area contributed by atoms with Crippen LogP contribution in [0.25, 0.3) is 0 Å². The third kappa shape index (κ3) is 81.6. The molecule has 0 aromatic heterocycles. The lowest BCUT2D eigenvalue weighted by Crippen LogP contribution is -2.30. The second-order valence-corrected chi connectivity index (χ2v) is 36.7. The highest BCUT2D eigenvalue weighted by molar-refractivity contribution is 7.47. The second-order valence-electron chi connectivity index (χ2n) is 33.8. The Morgan fingerprint density at radius 3 is 0.640 bits per heavy atom. The Balaban J connectivity index is 5.07. The summed E-state index contributed by atoms with van der Waals surface area (Å²) in [6, 6.07) is 0. The lowest BCUT2D eigenvalue weighted by Gasteiger charge is -2.21. The number of phosphoric ester groups is 2. The summed E-state index contributed by atoms with van der Waals surface area (Å²) in [7, 11) is -9.92. The van der Waals surface area contributed by atoms with Crippen LogP contribution in [0.15, 0.2) is 0 Å². The van der Waals surface area contributed by atoms with E-state index in [1.807, 2.05) is 0 Å². The zero-order chi connectivity index (χ0) is 81.5. The molecule has 0 fully saturated rings. The maximum atomic E-state index is 13.2. The van der Waals surface area contributed by atoms with E-state index >= 15 is 0 Å². The monoisotopic (exact) mass is 1620 g/mol.